The van der Waals surface area contributed by atoms with Crippen LogP contribution in [0.3, 0.4) is 0 Å². The zero-order valence-electron chi connectivity index (χ0n) is 13.8. The summed E-state index contributed by atoms with van der Waals surface area (Å²) in [6.45, 7) is 3.07. The van der Waals surface area contributed by atoms with Gasteiger partial charge in [0.05, 0.1) is 18.3 Å². The Balaban J connectivity index is 1.58. The molecule has 5 nitrogen and oxygen atoms in total. The number of fused-ring (bicyclic) bond motifs is 1. The molecule has 2 aromatic heterocycles. The summed E-state index contributed by atoms with van der Waals surface area (Å²) < 4.78 is 0. The molecule has 3 N–H and O–H groups in total. The van der Waals surface area contributed by atoms with Crippen molar-refractivity contribution in [1.29, 1.82) is 0 Å². The number of nitrogens with one attached hydrogen (secondary N) is 3. The molecule has 1 amide bonds. The van der Waals surface area contributed by atoms with Gasteiger partial charge in [-0.2, -0.15) is 0 Å². The Kier molecular flexibility index (Phi) is 5.11. The van der Waals surface area contributed by atoms with Crippen molar-refractivity contribution in [3.05, 3.63) is 54.4 Å². The molecular formula is C19H22N4O. The fourth-order valence-corrected chi connectivity index (χ4v) is 2.62. The van der Waals surface area contributed by atoms with Crippen molar-refractivity contribution in [2.24, 2.45) is 0 Å². The number of benzene rings is 1. The first kappa shape index (κ1) is 16.1. The van der Waals surface area contributed by atoms with E-state index in [1.54, 1.807) is 6.20 Å². The van der Waals surface area contributed by atoms with Gasteiger partial charge in [-0.25, -0.2) is 4.98 Å². The van der Waals surface area contributed by atoms with Crippen LogP contribution in [0.2, 0.25) is 0 Å². The van der Waals surface area contributed by atoms with E-state index in [0.29, 0.717) is 12.1 Å². The van der Waals surface area contributed by atoms with Gasteiger partial charge < -0.3 is 15.6 Å². The maximum absolute atomic E-state index is 12.3. The van der Waals surface area contributed by atoms with Gasteiger partial charge in [0.25, 0.3) is 0 Å². The van der Waals surface area contributed by atoms with Crippen LogP contribution in [-0.4, -0.2) is 22.4 Å². The van der Waals surface area contributed by atoms with Crippen molar-refractivity contribution >= 4 is 28.3 Å². The van der Waals surface area contributed by atoms with Gasteiger partial charge in [-0.1, -0.05) is 31.5 Å². The zero-order valence-corrected chi connectivity index (χ0v) is 13.8. The summed E-state index contributed by atoms with van der Waals surface area (Å²) in [6.07, 6.45) is 6.17. The summed E-state index contributed by atoms with van der Waals surface area (Å²) in [6, 6.07) is 11.7. The third-order valence-electron chi connectivity index (χ3n) is 3.91. The minimum absolute atomic E-state index is 0.0479. The second kappa shape index (κ2) is 7.64. The minimum Gasteiger partial charge on any atom is -0.370 e. The number of aromatic nitrogens is 2. The third kappa shape index (κ3) is 3.93. The van der Waals surface area contributed by atoms with Crippen molar-refractivity contribution in [1.82, 2.24) is 9.97 Å². The number of amides is 1. The summed E-state index contributed by atoms with van der Waals surface area (Å²) in [5.74, 6) is 0.784. The average Bonchev–Trinajstić information content (AvgIpc) is 3.00. The molecule has 0 fully saturated rings. The molecule has 0 atom stereocenters. The third-order valence-corrected chi connectivity index (χ3v) is 3.91. The summed E-state index contributed by atoms with van der Waals surface area (Å²) in [7, 11) is 0. The lowest BCUT2D eigenvalue weighted by atomic mass is 10.1. The highest BCUT2D eigenvalue weighted by Crippen LogP contribution is 2.18. The standard InChI is InChI=1S/C19H22N4O/c1-2-3-10-20-18-9-8-15(13-22-18)23-19(24)11-14-12-21-17-7-5-4-6-16(14)17/h4-9,12-13,21H,2-3,10-11H2,1H3,(H,20,22)(H,23,24). The number of pyridine rings is 1. The number of anilines is 2. The number of aromatic amines is 1. The van der Waals surface area contributed by atoms with Gasteiger partial charge in [0.1, 0.15) is 5.82 Å². The van der Waals surface area contributed by atoms with Crippen LogP contribution < -0.4 is 10.6 Å². The van der Waals surface area contributed by atoms with Gasteiger partial charge in [0, 0.05) is 23.6 Å². The Hall–Kier alpha value is -2.82. The van der Waals surface area contributed by atoms with Gasteiger partial charge >= 0.3 is 0 Å². The molecule has 0 bridgehead atoms. The van der Waals surface area contributed by atoms with Crippen molar-refractivity contribution in [2.45, 2.75) is 26.2 Å². The second-order valence-electron chi connectivity index (χ2n) is 5.80. The van der Waals surface area contributed by atoms with Crippen LogP contribution in [0.4, 0.5) is 11.5 Å². The van der Waals surface area contributed by atoms with Crippen LogP contribution in [0.15, 0.2) is 48.8 Å². The van der Waals surface area contributed by atoms with Crippen LogP contribution in [0.1, 0.15) is 25.3 Å². The molecule has 0 aliphatic carbocycles. The maximum Gasteiger partial charge on any atom is 0.228 e. The number of H-pyrrole nitrogens is 1. The molecule has 0 radical (unpaired) electrons. The van der Waals surface area contributed by atoms with Crippen LogP contribution in [0, 0.1) is 0 Å². The zero-order chi connectivity index (χ0) is 16.8. The fraction of sp³-hybridized carbons (Fsp3) is 0.263. The molecule has 124 valence electrons. The normalized spacial score (nSPS) is 10.7. The molecule has 3 aromatic rings. The molecule has 24 heavy (non-hydrogen) atoms. The van der Waals surface area contributed by atoms with Crippen LogP contribution >= 0.6 is 0 Å². The number of para-hydroxylation sites is 1. The van der Waals surface area contributed by atoms with Crippen LogP contribution in [0.5, 0.6) is 0 Å². The lowest BCUT2D eigenvalue weighted by Crippen LogP contribution is -2.14. The molecule has 0 saturated carbocycles. The van der Waals surface area contributed by atoms with Crippen molar-refractivity contribution < 1.29 is 4.79 Å². The number of hydrogen-bond donors (Lipinski definition) is 3. The molecule has 1 aromatic carbocycles. The van der Waals surface area contributed by atoms with Crippen molar-refractivity contribution in [3.63, 3.8) is 0 Å². The topological polar surface area (TPSA) is 69.8 Å². The monoisotopic (exact) mass is 322 g/mol. The highest BCUT2D eigenvalue weighted by molar-refractivity contribution is 5.95. The molecule has 0 saturated heterocycles. The predicted molar refractivity (Wildman–Crippen MR) is 98.3 cm³/mol. The number of carbonyl (C=O) groups is 1. The quantitative estimate of drug-likeness (QED) is 0.577. The average molecular weight is 322 g/mol. The number of unbranched alkanes of at least 4 members (excludes halogenated alkanes) is 1. The first-order valence-electron chi connectivity index (χ1n) is 8.31. The van der Waals surface area contributed by atoms with E-state index in [1.807, 2.05) is 42.6 Å². The molecule has 5 heteroatoms. The maximum atomic E-state index is 12.3. The van der Waals surface area contributed by atoms with Gasteiger partial charge in [0.2, 0.25) is 5.91 Å². The summed E-state index contributed by atoms with van der Waals surface area (Å²) >= 11 is 0. The molecular weight excluding hydrogens is 300 g/mol. The van der Waals surface area contributed by atoms with Crippen LogP contribution in [-0.2, 0) is 11.2 Å². The van der Waals surface area contributed by atoms with Gasteiger partial charge in [-0.15, -0.1) is 0 Å². The summed E-state index contributed by atoms with van der Waals surface area (Å²) in [4.78, 5) is 19.8. The highest BCUT2D eigenvalue weighted by atomic mass is 16.1. The Labute approximate surface area is 141 Å². The Morgan fingerprint density at radius 3 is 2.88 bits per heavy atom. The van der Waals surface area contributed by atoms with E-state index >= 15 is 0 Å². The number of rotatable bonds is 7. The van der Waals surface area contributed by atoms with E-state index < -0.39 is 0 Å². The van der Waals surface area contributed by atoms with E-state index in [0.717, 1.165) is 41.7 Å². The Morgan fingerprint density at radius 2 is 2.08 bits per heavy atom. The Morgan fingerprint density at radius 1 is 1.21 bits per heavy atom. The van der Waals surface area contributed by atoms with Gasteiger partial charge in [-0.05, 0) is 30.2 Å². The Bertz CT molecular complexity index is 808. The van der Waals surface area contributed by atoms with E-state index in [1.165, 1.54) is 0 Å². The lowest BCUT2D eigenvalue weighted by molar-refractivity contribution is -0.115. The molecule has 3 rings (SSSR count). The van der Waals surface area contributed by atoms with Crippen molar-refractivity contribution in [3.8, 4) is 0 Å². The summed E-state index contributed by atoms with van der Waals surface area (Å²) in [5, 5.41) is 7.24. The smallest absolute Gasteiger partial charge is 0.228 e. The fourth-order valence-electron chi connectivity index (χ4n) is 2.62. The largest absolute Gasteiger partial charge is 0.370 e. The first-order chi connectivity index (χ1) is 11.8. The number of hydrogen-bond acceptors (Lipinski definition) is 3. The minimum atomic E-state index is -0.0479. The SMILES string of the molecule is CCCCNc1ccc(NC(=O)Cc2c[nH]c3ccccc23)cn1. The summed E-state index contributed by atoms with van der Waals surface area (Å²) in [5.41, 5.74) is 2.75. The number of carbonyl (C=O) groups excluding carboxylic acids is 1. The molecule has 0 spiro atoms. The molecule has 0 unspecified atom stereocenters. The molecule has 2 heterocycles. The van der Waals surface area contributed by atoms with E-state index in [4.69, 9.17) is 0 Å². The van der Waals surface area contributed by atoms with Crippen LogP contribution in [0.25, 0.3) is 10.9 Å². The van der Waals surface area contributed by atoms with E-state index in [2.05, 4.69) is 27.5 Å². The highest BCUT2D eigenvalue weighted by Gasteiger charge is 2.09. The lowest BCUT2D eigenvalue weighted by Gasteiger charge is -2.07. The second-order valence-corrected chi connectivity index (χ2v) is 5.80. The molecule has 0 aliphatic rings. The molecule has 0 aliphatic heterocycles. The van der Waals surface area contributed by atoms with E-state index in [-0.39, 0.29) is 5.91 Å². The van der Waals surface area contributed by atoms with Gasteiger partial charge in [0.15, 0.2) is 0 Å². The predicted octanol–water partition coefficient (Wildman–Crippen LogP) is 3.96. The number of nitrogens with zero attached hydrogens (tertiary/aromatic N) is 1. The first-order valence-corrected chi connectivity index (χ1v) is 8.31. The van der Waals surface area contributed by atoms with Gasteiger partial charge in [-0.3, -0.25) is 4.79 Å². The van der Waals surface area contributed by atoms with E-state index in [9.17, 15) is 4.79 Å². The van der Waals surface area contributed by atoms with Crippen molar-refractivity contribution in [2.75, 3.05) is 17.2 Å².